The number of nitriles is 1. The lowest BCUT2D eigenvalue weighted by Gasteiger charge is -2.30. The molecule has 0 unspecified atom stereocenters. The summed E-state index contributed by atoms with van der Waals surface area (Å²) in [6, 6.07) is 11.3. The fraction of sp³-hybridized carbons (Fsp3) is 0.414. The third kappa shape index (κ3) is 7.19. The van der Waals surface area contributed by atoms with E-state index in [2.05, 4.69) is 25.5 Å². The number of benzene rings is 1. The Labute approximate surface area is 238 Å². The fourth-order valence-electron chi connectivity index (χ4n) is 4.81. The summed E-state index contributed by atoms with van der Waals surface area (Å²) < 4.78 is 17.0. The fourth-order valence-corrected chi connectivity index (χ4v) is 4.81. The molecule has 12 heteroatoms. The zero-order valence-corrected chi connectivity index (χ0v) is 23.0. The molecule has 0 atom stereocenters. The lowest BCUT2D eigenvalue weighted by atomic mass is 10.1. The number of nitrogens with zero attached hydrogens (tertiary/aromatic N) is 5. The smallest absolute Gasteiger partial charge is 0.297 e. The van der Waals surface area contributed by atoms with Crippen LogP contribution in [0, 0.1) is 11.3 Å². The number of rotatable bonds is 9. The van der Waals surface area contributed by atoms with Crippen LogP contribution in [0.15, 0.2) is 47.2 Å². The number of aromatic nitrogens is 2. The molecule has 2 amide bonds. The molecule has 0 bridgehead atoms. The number of anilines is 2. The van der Waals surface area contributed by atoms with Gasteiger partial charge < -0.3 is 29.4 Å². The van der Waals surface area contributed by atoms with Crippen LogP contribution in [0.1, 0.15) is 51.7 Å². The third-order valence-corrected chi connectivity index (χ3v) is 7.01. The molecule has 0 radical (unpaired) electrons. The number of morpholine rings is 1. The Balaban J connectivity index is 1.19. The molecular formula is C29H33N7O5. The van der Waals surface area contributed by atoms with E-state index >= 15 is 0 Å². The zero-order chi connectivity index (χ0) is 28.6. The summed E-state index contributed by atoms with van der Waals surface area (Å²) in [5.74, 6) is -0.232. The van der Waals surface area contributed by atoms with Crippen molar-refractivity contribution >= 4 is 23.5 Å². The van der Waals surface area contributed by atoms with Crippen molar-refractivity contribution in [2.75, 3.05) is 56.2 Å². The molecular weight excluding hydrogens is 526 g/mol. The molecule has 3 aromatic rings. The molecule has 0 aliphatic carbocycles. The number of piperidine rings is 1. The summed E-state index contributed by atoms with van der Waals surface area (Å²) in [6.45, 7) is 7.34. The van der Waals surface area contributed by atoms with Crippen LogP contribution in [0.4, 0.5) is 11.7 Å². The van der Waals surface area contributed by atoms with E-state index < -0.39 is 5.91 Å². The van der Waals surface area contributed by atoms with E-state index in [1.807, 2.05) is 30.0 Å². The SMILES string of the molecule is CCNC(=O)c1cc(CN2CCOCC2)ccc1NC(=O)c1coc(N2CCC(Oc3ccc(C#N)cn3)CC2)n1. The molecule has 0 saturated carbocycles. The van der Waals surface area contributed by atoms with E-state index in [1.165, 1.54) is 12.5 Å². The van der Waals surface area contributed by atoms with Crippen molar-refractivity contribution in [1.82, 2.24) is 20.2 Å². The molecule has 2 fully saturated rings. The average molecular weight is 560 g/mol. The summed E-state index contributed by atoms with van der Waals surface area (Å²) in [4.78, 5) is 38.8. The number of oxazole rings is 1. The standard InChI is InChI=1S/C29H33N7O5/c1-2-31-27(37)23-15-20(18-35-11-13-39-14-12-35)3-5-24(23)33-28(38)25-19-40-29(34-25)36-9-7-22(8-10-36)41-26-6-4-21(16-30)17-32-26/h3-6,15,17,19,22H,2,7-14,18H2,1H3,(H,31,37)(H,33,38). The number of ether oxygens (including phenoxy) is 2. The van der Waals surface area contributed by atoms with Gasteiger partial charge in [-0.05, 0) is 30.7 Å². The number of hydrogen-bond donors (Lipinski definition) is 2. The highest BCUT2D eigenvalue weighted by atomic mass is 16.5. The van der Waals surface area contributed by atoms with Gasteiger partial charge in [-0.1, -0.05) is 6.07 Å². The van der Waals surface area contributed by atoms with Gasteiger partial charge in [0.25, 0.3) is 17.8 Å². The quantitative estimate of drug-likeness (QED) is 0.401. The monoisotopic (exact) mass is 559 g/mol. The Morgan fingerprint density at radius 1 is 1.12 bits per heavy atom. The van der Waals surface area contributed by atoms with Crippen molar-refractivity contribution in [3.8, 4) is 11.9 Å². The molecule has 2 aliphatic rings. The molecule has 41 heavy (non-hydrogen) atoms. The predicted octanol–water partition coefficient (Wildman–Crippen LogP) is 2.82. The van der Waals surface area contributed by atoms with E-state index in [0.29, 0.717) is 68.1 Å². The average Bonchev–Trinajstić information content (AvgIpc) is 3.50. The number of pyridine rings is 1. The van der Waals surface area contributed by atoms with Gasteiger partial charge >= 0.3 is 0 Å². The van der Waals surface area contributed by atoms with Crippen LogP contribution in [-0.4, -0.2) is 78.7 Å². The summed E-state index contributed by atoms with van der Waals surface area (Å²) in [5, 5.41) is 14.6. The van der Waals surface area contributed by atoms with Gasteiger partial charge in [0, 0.05) is 64.4 Å². The van der Waals surface area contributed by atoms with Crippen LogP contribution in [0.5, 0.6) is 5.88 Å². The van der Waals surface area contributed by atoms with Crippen LogP contribution >= 0.6 is 0 Å². The second kappa shape index (κ2) is 13.3. The molecule has 4 heterocycles. The molecule has 2 saturated heterocycles. The number of carbonyl (C=O) groups is 2. The van der Waals surface area contributed by atoms with Crippen LogP contribution < -0.4 is 20.3 Å². The minimum Gasteiger partial charge on any atom is -0.474 e. The Kier molecular flexibility index (Phi) is 9.08. The number of nitrogens with one attached hydrogen (secondary N) is 2. The minimum absolute atomic E-state index is 0.0247. The maximum atomic E-state index is 13.1. The second-order valence-corrected chi connectivity index (χ2v) is 9.90. The molecule has 2 aromatic heterocycles. The first-order valence-electron chi connectivity index (χ1n) is 13.8. The molecule has 12 nitrogen and oxygen atoms in total. The van der Waals surface area contributed by atoms with E-state index in [9.17, 15) is 9.59 Å². The molecule has 5 rings (SSSR count). The Bertz CT molecular complexity index is 1390. The summed E-state index contributed by atoms with van der Waals surface area (Å²) >= 11 is 0. The van der Waals surface area contributed by atoms with Gasteiger partial charge in [0.1, 0.15) is 18.4 Å². The lowest BCUT2D eigenvalue weighted by molar-refractivity contribution is 0.0342. The van der Waals surface area contributed by atoms with Gasteiger partial charge in [0.2, 0.25) is 5.88 Å². The lowest BCUT2D eigenvalue weighted by Crippen LogP contribution is -2.38. The van der Waals surface area contributed by atoms with E-state index in [4.69, 9.17) is 19.2 Å². The largest absolute Gasteiger partial charge is 0.474 e. The van der Waals surface area contributed by atoms with Crippen LogP contribution in [0.3, 0.4) is 0 Å². The molecule has 2 aliphatic heterocycles. The maximum Gasteiger partial charge on any atom is 0.297 e. The highest BCUT2D eigenvalue weighted by Crippen LogP contribution is 2.24. The highest BCUT2D eigenvalue weighted by molar-refractivity contribution is 6.08. The number of carbonyl (C=O) groups excluding carboxylic acids is 2. The van der Waals surface area contributed by atoms with Gasteiger partial charge in [-0.3, -0.25) is 14.5 Å². The van der Waals surface area contributed by atoms with E-state index in [-0.39, 0.29) is 17.7 Å². The van der Waals surface area contributed by atoms with Crippen molar-refractivity contribution < 1.29 is 23.5 Å². The van der Waals surface area contributed by atoms with Gasteiger partial charge in [-0.2, -0.15) is 10.2 Å². The van der Waals surface area contributed by atoms with Gasteiger partial charge in [0.05, 0.1) is 30.0 Å². The van der Waals surface area contributed by atoms with Crippen LogP contribution in [0.25, 0.3) is 0 Å². The van der Waals surface area contributed by atoms with Crippen molar-refractivity contribution in [3.63, 3.8) is 0 Å². The van der Waals surface area contributed by atoms with Gasteiger partial charge in [0.15, 0.2) is 5.69 Å². The zero-order valence-electron chi connectivity index (χ0n) is 23.0. The summed E-state index contributed by atoms with van der Waals surface area (Å²) in [5.41, 5.74) is 2.40. The maximum absolute atomic E-state index is 13.1. The van der Waals surface area contributed by atoms with Crippen LogP contribution in [-0.2, 0) is 11.3 Å². The Morgan fingerprint density at radius 2 is 1.93 bits per heavy atom. The summed E-state index contributed by atoms with van der Waals surface area (Å²) in [6.07, 6.45) is 4.23. The van der Waals surface area contributed by atoms with Crippen molar-refractivity contribution in [2.45, 2.75) is 32.4 Å². The minimum atomic E-state index is -0.461. The first-order valence-corrected chi connectivity index (χ1v) is 13.8. The van der Waals surface area contributed by atoms with E-state index in [1.54, 1.807) is 18.2 Å². The predicted molar refractivity (Wildman–Crippen MR) is 150 cm³/mol. The third-order valence-electron chi connectivity index (χ3n) is 7.01. The Morgan fingerprint density at radius 3 is 2.63 bits per heavy atom. The van der Waals surface area contributed by atoms with Crippen molar-refractivity contribution in [1.29, 1.82) is 5.26 Å². The second-order valence-electron chi connectivity index (χ2n) is 9.90. The van der Waals surface area contributed by atoms with Crippen molar-refractivity contribution in [3.05, 3.63) is 65.2 Å². The normalized spacial score (nSPS) is 16.1. The summed E-state index contributed by atoms with van der Waals surface area (Å²) in [7, 11) is 0. The van der Waals surface area contributed by atoms with Gasteiger partial charge in [-0.25, -0.2) is 4.98 Å². The van der Waals surface area contributed by atoms with Crippen LogP contribution in [0.2, 0.25) is 0 Å². The molecule has 0 spiro atoms. The van der Waals surface area contributed by atoms with Crippen molar-refractivity contribution in [2.24, 2.45) is 0 Å². The first-order chi connectivity index (χ1) is 20.0. The number of amides is 2. The number of hydrogen-bond acceptors (Lipinski definition) is 10. The topological polar surface area (TPSA) is 146 Å². The van der Waals surface area contributed by atoms with Gasteiger partial charge in [-0.15, -0.1) is 0 Å². The first kappa shape index (κ1) is 28.1. The Hall–Kier alpha value is -4.47. The molecule has 1 aromatic carbocycles. The highest BCUT2D eigenvalue weighted by Gasteiger charge is 2.25. The van der Waals surface area contributed by atoms with E-state index in [0.717, 1.165) is 31.5 Å². The molecule has 2 N–H and O–H groups in total. The molecule has 214 valence electrons.